The van der Waals surface area contributed by atoms with Gasteiger partial charge in [0, 0.05) is 6.42 Å². The Morgan fingerprint density at radius 2 is 1.71 bits per heavy atom. The van der Waals surface area contributed by atoms with Gasteiger partial charge in [-0.25, -0.2) is 4.39 Å². The maximum atomic E-state index is 12.9. The molecule has 2 aromatic carbocycles. The molecular formula is C18H19FO2. The van der Waals surface area contributed by atoms with Gasteiger partial charge < -0.3 is 10.2 Å². The summed E-state index contributed by atoms with van der Waals surface area (Å²) in [5.74, 6) is -0.352. The monoisotopic (exact) mass is 286 g/mol. The van der Waals surface area contributed by atoms with E-state index >= 15 is 0 Å². The first-order chi connectivity index (χ1) is 10.0. The van der Waals surface area contributed by atoms with Crippen LogP contribution in [0.5, 0.6) is 0 Å². The molecule has 110 valence electrons. The minimum atomic E-state index is -1.20. The van der Waals surface area contributed by atoms with E-state index in [1.54, 1.807) is 6.08 Å². The summed E-state index contributed by atoms with van der Waals surface area (Å²) in [5, 5.41) is 21.2. The molecule has 0 fully saturated rings. The van der Waals surface area contributed by atoms with Crippen molar-refractivity contribution in [1.82, 2.24) is 0 Å². The number of hydrogen-bond donors (Lipinski definition) is 2. The second-order valence-electron chi connectivity index (χ2n) is 5.16. The van der Waals surface area contributed by atoms with Crippen molar-refractivity contribution in [3.8, 4) is 0 Å². The molecule has 0 heterocycles. The summed E-state index contributed by atoms with van der Waals surface area (Å²) in [6.45, 7) is 3.67. The molecule has 3 heteroatoms. The van der Waals surface area contributed by atoms with Crippen molar-refractivity contribution in [1.29, 1.82) is 0 Å². The Morgan fingerprint density at radius 3 is 2.29 bits per heavy atom. The maximum absolute atomic E-state index is 12.9. The lowest BCUT2D eigenvalue weighted by atomic mass is 9.83. The second kappa shape index (κ2) is 6.66. The fourth-order valence-electron chi connectivity index (χ4n) is 2.43. The van der Waals surface area contributed by atoms with E-state index in [2.05, 4.69) is 6.58 Å². The van der Waals surface area contributed by atoms with Crippen LogP contribution in [-0.4, -0.2) is 10.2 Å². The van der Waals surface area contributed by atoms with Gasteiger partial charge in [0.25, 0.3) is 0 Å². The molecule has 0 aliphatic rings. The van der Waals surface area contributed by atoms with E-state index in [1.807, 2.05) is 30.3 Å². The minimum absolute atomic E-state index is 0.120. The first-order valence-electron chi connectivity index (χ1n) is 6.87. The fourth-order valence-corrected chi connectivity index (χ4v) is 2.43. The molecule has 0 amide bonds. The molecule has 0 aliphatic heterocycles. The van der Waals surface area contributed by atoms with Crippen LogP contribution in [0.15, 0.2) is 67.3 Å². The van der Waals surface area contributed by atoms with E-state index in [9.17, 15) is 14.6 Å². The number of rotatable bonds is 6. The zero-order chi connectivity index (χ0) is 15.3. The van der Waals surface area contributed by atoms with Gasteiger partial charge >= 0.3 is 0 Å². The van der Waals surface area contributed by atoms with Crippen molar-refractivity contribution in [2.45, 2.75) is 24.5 Å². The van der Waals surface area contributed by atoms with Crippen LogP contribution in [0.3, 0.4) is 0 Å². The average Bonchev–Trinajstić information content (AvgIpc) is 2.49. The summed E-state index contributed by atoms with van der Waals surface area (Å²) in [5.41, 5.74) is 0.109. The van der Waals surface area contributed by atoms with Gasteiger partial charge in [0.05, 0.1) is 11.7 Å². The highest BCUT2D eigenvalue weighted by atomic mass is 19.1. The van der Waals surface area contributed by atoms with Gasteiger partial charge in [-0.1, -0.05) is 48.5 Å². The third kappa shape index (κ3) is 3.78. The Bertz CT molecular complexity index is 580. The van der Waals surface area contributed by atoms with Crippen LogP contribution < -0.4 is 0 Å². The van der Waals surface area contributed by atoms with Crippen molar-refractivity contribution >= 4 is 0 Å². The van der Waals surface area contributed by atoms with Crippen molar-refractivity contribution in [3.63, 3.8) is 0 Å². The number of halogens is 1. The van der Waals surface area contributed by atoms with Crippen molar-refractivity contribution in [3.05, 3.63) is 84.2 Å². The summed E-state index contributed by atoms with van der Waals surface area (Å²) in [4.78, 5) is 0. The normalized spacial score (nSPS) is 15.2. The lowest BCUT2D eigenvalue weighted by Gasteiger charge is -2.30. The Hall–Kier alpha value is -1.97. The molecule has 21 heavy (non-hydrogen) atoms. The van der Waals surface area contributed by atoms with Gasteiger partial charge in [-0.15, -0.1) is 6.58 Å². The average molecular weight is 286 g/mol. The first kappa shape index (κ1) is 15.4. The molecule has 0 spiro atoms. The summed E-state index contributed by atoms with van der Waals surface area (Å²) in [7, 11) is 0. The fraction of sp³-hybridized carbons (Fsp3) is 0.222. The van der Waals surface area contributed by atoms with Gasteiger partial charge in [-0.2, -0.15) is 0 Å². The standard InChI is InChI=1S/C18H19FO2/c1-2-12-18(21,15-6-4-3-5-7-15)13-17(20)14-8-10-16(19)11-9-14/h2-11,17,20-21H,1,12-13H2/t17-,18-/m1/s1. The molecule has 2 atom stereocenters. The SMILES string of the molecule is C=CC[C@@](O)(C[C@@H](O)c1ccc(F)cc1)c1ccccc1. The summed E-state index contributed by atoms with van der Waals surface area (Å²) >= 11 is 0. The zero-order valence-corrected chi connectivity index (χ0v) is 11.7. The minimum Gasteiger partial charge on any atom is -0.388 e. The quantitative estimate of drug-likeness (QED) is 0.795. The third-order valence-electron chi connectivity index (χ3n) is 3.58. The molecule has 0 radical (unpaired) electrons. The highest BCUT2D eigenvalue weighted by Crippen LogP contribution is 2.35. The van der Waals surface area contributed by atoms with Crippen LogP contribution in [0.25, 0.3) is 0 Å². The van der Waals surface area contributed by atoms with E-state index in [-0.39, 0.29) is 12.2 Å². The lowest BCUT2D eigenvalue weighted by Crippen LogP contribution is -2.27. The predicted octanol–water partition coefficient (Wildman–Crippen LogP) is 3.71. The number of aliphatic hydroxyl groups excluding tert-OH is 1. The van der Waals surface area contributed by atoms with Gasteiger partial charge in [0.15, 0.2) is 0 Å². The Morgan fingerprint density at radius 1 is 1.10 bits per heavy atom. The summed E-state index contributed by atoms with van der Waals surface area (Å²) in [6, 6.07) is 14.8. The highest BCUT2D eigenvalue weighted by molar-refractivity contribution is 5.25. The Balaban J connectivity index is 2.23. The molecular weight excluding hydrogens is 267 g/mol. The first-order valence-corrected chi connectivity index (χ1v) is 6.87. The van der Waals surface area contributed by atoms with Crippen LogP contribution in [0.2, 0.25) is 0 Å². The van der Waals surface area contributed by atoms with Crippen molar-refractivity contribution in [2.24, 2.45) is 0 Å². The largest absolute Gasteiger partial charge is 0.388 e. The van der Waals surface area contributed by atoms with Crippen LogP contribution in [0.4, 0.5) is 4.39 Å². The van der Waals surface area contributed by atoms with Crippen LogP contribution >= 0.6 is 0 Å². The topological polar surface area (TPSA) is 40.5 Å². The van der Waals surface area contributed by atoms with Crippen molar-refractivity contribution in [2.75, 3.05) is 0 Å². The molecule has 0 saturated heterocycles. The lowest BCUT2D eigenvalue weighted by molar-refractivity contribution is -0.0139. The third-order valence-corrected chi connectivity index (χ3v) is 3.58. The molecule has 0 bridgehead atoms. The Labute approximate surface area is 124 Å². The second-order valence-corrected chi connectivity index (χ2v) is 5.16. The summed E-state index contributed by atoms with van der Waals surface area (Å²) < 4.78 is 12.9. The van der Waals surface area contributed by atoms with Crippen molar-refractivity contribution < 1.29 is 14.6 Å². The van der Waals surface area contributed by atoms with E-state index in [0.29, 0.717) is 12.0 Å². The molecule has 2 rings (SSSR count). The molecule has 2 aromatic rings. The number of aliphatic hydroxyl groups is 2. The maximum Gasteiger partial charge on any atom is 0.123 e. The van der Waals surface area contributed by atoms with Crippen LogP contribution in [0, 0.1) is 5.82 Å². The van der Waals surface area contributed by atoms with Gasteiger partial charge in [0.2, 0.25) is 0 Å². The van der Waals surface area contributed by atoms with E-state index in [4.69, 9.17) is 0 Å². The summed E-state index contributed by atoms with van der Waals surface area (Å²) in [6.07, 6.45) is 1.20. The van der Waals surface area contributed by atoms with Gasteiger partial charge in [-0.05, 0) is 29.7 Å². The highest BCUT2D eigenvalue weighted by Gasteiger charge is 2.31. The molecule has 2 N–H and O–H groups in total. The van der Waals surface area contributed by atoms with E-state index in [1.165, 1.54) is 24.3 Å². The molecule has 0 aliphatic carbocycles. The van der Waals surface area contributed by atoms with E-state index in [0.717, 1.165) is 5.56 Å². The zero-order valence-electron chi connectivity index (χ0n) is 11.7. The van der Waals surface area contributed by atoms with Gasteiger partial charge in [-0.3, -0.25) is 0 Å². The Kier molecular flexibility index (Phi) is 4.89. The molecule has 2 nitrogen and oxygen atoms in total. The smallest absolute Gasteiger partial charge is 0.123 e. The van der Waals surface area contributed by atoms with E-state index < -0.39 is 11.7 Å². The van der Waals surface area contributed by atoms with Crippen LogP contribution in [0.1, 0.15) is 30.1 Å². The predicted molar refractivity (Wildman–Crippen MR) is 81.1 cm³/mol. The molecule has 0 saturated carbocycles. The number of benzene rings is 2. The number of hydrogen-bond acceptors (Lipinski definition) is 2. The van der Waals surface area contributed by atoms with Gasteiger partial charge in [0.1, 0.15) is 5.82 Å². The van der Waals surface area contributed by atoms with Crippen LogP contribution in [-0.2, 0) is 5.60 Å². The molecule has 0 aromatic heterocycles. The molecule has 0 unspecified atom stereocenters.